The fourth-order valence-corrected chi connectivity index (χ4v) is 1.17. The molecule has 2 rings (SSSR count). The fraction of sp³-hybridized carbons (Fsp3) is 0. The van der Waals surface area contributed by atoms with E-state index in [9.17, 15) is 4.79 Å². The third kappa shape index (κ3) is 1.80. The smallest absolute Gasteiger partial charge is 0.248 e. The maximum Gasteiger partial charge on any atom is 0.248 e. The molecule has 0 radical (unpaired) electrons. The van der Waals surface area contributed by atoms with Crippen LogP contribution in [0.2, 0.25) is 5.28 Å². The molecule has 14 heavy (non-hydrogen) atoms. The van der Waals surface area contributed by atoms with Crippen LogP contribution in [0, 0.1) is 0 Å². The van der Waals surface area contributed by atoms with Gasteiger partial charge in [0.15, 0.2) is 0 Å². The Balaban J connectivity index is 2.50. The molecule has 0 aliphatic carbocycles. The van der Waals surface area contributed by atoms with Crippen LogP contribution < -0.4 is 5.56 Å². The standard InChI is InChI=1S/C9H6ClN3O/c10-9-11-4-6(5-12-9)7-2-1-3-8(14)13-7/h1-5H,(H,13,14). The average Bonchev–Trinajstić information content (AvgIpc) is 2.19. The number of aromatic amines is 1. The first-order valence-corrected chi connectivity index (χ1v) is 4.31. The van der Waals surface area contributed by atoms with E-state index in [1.807, 2.05) is 0 Å². The molecule has 4 nitrogen and oxygen atoms in total. The van der Waals surface area contributed by atoms with Gasteiger partial charge in [-0.05, 0) is 17.7 Å². The Bertz CT molecular complexity index is 492. The van der Waals surface area contributed by atoms with Crippen LogP contribution in [0.3, 0.4) is 0 Å². The highest BCUT2D eigenvalue weighted by atomic mass is 35.5. The molecule has 1 N–H and O–H groups in total. The number of aromatic nitrogens is 3. The minimum Gasteiger partial charge on any atom is -0.322 e. The van der Waals surface area contributed by atoms with Crippen LogP contribution in [-0.4, -0.2) is 15.0 Å². The summed E-state index contributed by atoms with van der Waals surface area (Å²) >= 11 is 5.54. The van der Waals surface area contributed by atoms with Crippen LogP contribution >= 0.6 is 11.6 Å². The van der Waals surface area contributed by atoms with Crippen molar-refractivity contribution in [2.45, 2.75) is 0 Å². The molecular formula is C9H6ClN3O. The van der Waals surface area contributed by atoms with Gasteiger partial charge in [0.2, 0.25) is 10.8 Å². The van der Waals surface area contributed by atoms with Crippen molar-refractivity contribution in [1.29, 1.82) is 0 Å². The molecule has 2 aromatic rings. The van der Waals surface area contributed by atoms with Gasteiger partial charge in [-0.2, -0.15) is 0 Å². The van der Waals surface area contributed by atoms with Crippen LogP contribution in [0.1, 0.15) is 0 Å². The monoisotopic (exact) mass is 207 g/mol. The van der Waals surface area contributed by atoms with E-state index in [1.165, 1.54) is 6.07 Å². The zero-order valence-electron chi connectivity index (χ0n) is 7.07. The van der Waals surface area contributed by atoms with E-state index in [4.69, 9.17) is 11.6 Å². The number of pyridine rings is 1. The normalized spacial score (nSPS) is 10.1. The molecule has 0 aromatic carbocycles. The second kappa shape index (κ2) is 3.59. The van der Waals surface area contributed by atoms with Gasteiger partial charge in [-0.25, -0.2) is 9.97 Å². The molecular weight excluding hydrogens is 202 g/mol. The first-order valence-electron chi connectivity index (χ1n) is 3.93. The summed E-state index contributed by atoms with van der Waals surface area (Å²) in [6.45, 7) is 0. The Hall–Kier alpha value is -1.68. The summed E-state index contributed by atoms with van der Waals surface area (Å²) in [6.07, 6.45) is 3.11. The number of nitrogens with zero attached hydrogens (tertiary/aromatic N) is 2. The zero-order chi connectivity index (χ0) is 9.97. The third-order valence-corrected chi connectivity index (χ3v) is 1.89. The van der Waals surface area contributed by atoms with E-state index in [1.54, 1.807) is 24.5 Å². The molecule has 0 atom stereocenters. The highest BCUT2D eigenvalue weighted by Gasteiger charge is 1.98. The Kier molecular flexibility index (Phi) is 2.28. The van der Waals surface area contributed by atoms with Gasteiger partial charge in [-0.15, -0.1) is 0 Å². The number of hydrogen-bond acceptors (Lipinski definition) is 3. The largest absolute Gasteiger partial charge is 0.322 e. The summed E-state index contributed by atoms with van der Waals surface area (Å²) in [7, 11) is 0. The number of rotatable bonds is 1. The van der Waals surface area contributed by atoms with E-state index in [2.05, 4.69) is 15.0 Å². The van der Waals surface area contributed by atoms with Gasteiger partial charge in [-0.1, -0.05) is 6.07 Å². The van der Waals surface area contributed by atoms with Crippen LogP contribution in [0.25, 0.3) is 11.3 Å². The highest BCUT2D eigenvalue weighted by molar-refractivity contribution is 6.28. The Morgan fingerprint density at radius 2 is 1.93 bits per heavy atom. The molecule has 0 amide bonds. The molecule has 0 saturated heterocycles. The lowest BCUT2D eigenvalue weighted by molar-refractivity contribution is 1.15. The summed E-state index contributed by atoms with van der Waals surface area (Å²) in [6, 6.07) is 4.89. The molecule has 0 fully saturated rings. The third-order valence-electron chi connectivity index (χ3n) is 1.70. The van der Waals surface area contributed by atoms with Crippen LogP contribution in [0.4, 0.5) is 0 Å². The van der Waals surface area contributed by atoms with E-state index in [-0.39, 0.29) is 10.8 Å². The molecule has 2 aromatic heterocycles. The molecule has 0 bridgehead atoms. The van der Waals surface area contributed by atoms with Gasteiger partial charge in [0.05, 0.1) is 5.69 Å². The number of nitrogens with one attached hydrogen (secondary N) is 1. The number of halogens is 1. The zero-order valence-corrected chi connectivity index (χ0v) is 7.82. The molecule has 0 spiro atoms. The van der Waals surface area contributed by atoms with E-state index in [0.717, 1.165) is 5.56 Å². The quantitative estimate of drug-likeness (QED) is 0.721. The lowest BCUT2D eigenvalue weighted by atomic mass is 10.2. The molecule has 2 heterocycles. The molecule has 0 aliphatic heterocycles. The minimum absolute atomic E-state index is 0.155. The van der Waals surface area contributed by atoms with Crippen LogP contribution in [-0.2, 0) is 0 Å². The summed E-state index contributed by atoms with van der Waals surface area (Å²) in [5.41, 5.74) is 1.25. The predicted molar refractivity (Wildman–Crippen MR) is 53.1 cm³/mol. The summed E-state index contributed by atoms with van der Waals surface area (Å²) in [4.78, 5) is 21.3. The molecule has 70 valence electrons. The Morgan fingerprint density at radius 1 is 1.21 bits per heavy atom. The second-order valence-corrected chi connectivity index (χ2v) is 3.01. The highest BCUT2D eigenvalue weighted by Crippen LogP contribution is 2.13. The summed E-state index contributed by atoms with van der Waals surface area (Å²) in [5.74, 6) is 0. The Morgan fingerprint density at radius 3 is 2.57 bits per heavy atom. The van der Waals surface area contributed by atoms with Crippen molar-refractivity contribution in [2.75, 3.05) is 0 Å². The van der Waals surface area contributed by atoms with Crippen molar-refractivity contribution >= 4 is 11.6 Å². The summed E-state index contributed by atoms with van der Waals surface area (Å²) < 4.78 is 0. The average molecular weight is 208 g/mol. The van der Waals surface area contributed by atoms with Gasteiger partial charge in [0.1, 0.15) is 0 Å². The molecule has 0 unspecified atom stereocenters. The van der Waals surface area contributed by atoms with Crippen LogP contribution in [0.5, 0.6) is 0 Å². The first-order chi connectivity index (χ1) is 6.75. The molecule has 0 saturated carbocycles. The number of hydrogen-bond donors (Lipinski definition) is 1. The van der Waals surface area contributed by atoms with E-state index < -0.39 is 0 Å². The van der Waals surface area contributed by atoms with Crippen molar-refractivity contribution in [2.24, 2.45) is 0 Å². The van der Waals surface area contributed by atoms with Gasteiger partial charge in [0.25, 0.3) is 0 Å². The minimum atomic E-state index is -0.155. The van der Waals surface area contributed by atoms with Crippen molar-refractivity contribution in [1.82, 2.24) is 15.0 Å². The van der Waals surface area contributed by atoms with E-state index >= 15 is 0 Å². The lowest BCUT2D eigenvalue weighted by Crippen LogP contribution is -2.03. The second-order valence-electron chi connectivity index (χ2n) is 2.67. The molecule has 5 heteroatoms. The van der Waals surface area contributed by atoms with Crippen molar-refractivity contribution in [3.63, 3.8) is 0 Å². The van der Waals surface area contributed by atoms with Crippen molar-refractivity contribution < 1.29 is 0 Å². The van der Waals surface area contributed by atoms with Crippen molar-refractivity contribution in [3.8, 4) is 11.3 Å². The fourth-order valence-electron chi connectivity index (χ4n) is 1.07. The molecule has 0 aliphatic rings. The maximum absolute atomic E-state index is 11.0. The van der Waals surface area contributed by atoms with Gasteiger partial charge in [-0.3, -0.25) is 4.79 Å². The van der Waals surface area contributed by atoms with Gasteiger partial charge in [0, 0.05) is 24.0 Å². The lowest BCUT2D eigenvalue weighted by Gasteiger charge is -1.98. The van der Waals surface area contributed by atoms with E-state index in [0.29, 0.717) is 5.69 Å². The first kappa shape index (κ1) is 8.90. The van der Waals surface area contributed by atoms with Crippen molar-refractivity contribution in [3.05, 3.63) is 46.2 Å². The summed E-state index contributed by atoms with van der Waals surface area (Å²) in [5, 5.41) is 0.187. The number of H-pyrrole nitrogens is 1. The topological polar surface area (TPSA) is 58.6 Å². The van der Waals surface area contributed by atoms with Gasteiger partial charge < -0.3 is 4.98 Å². The van der Waals surface area contributed by atoms with Gasteiger partial charge >= 0.3 is 0 Å². The Labute approximate surface area is 84.6 Å². The van der Waals surface area contributed by atoms with Crippen LogP contribution in [0.15, 0.2) is 35.4 Å². The predicted octanol–water partition coefficient (Wildman–Crippen LogP) is 1.49. The SMILES string of the molecule is O=c1cccc(-c2cnc(Cl)nc2)[nH]1. The maximum atomic E-state index is 11.0.